The maximum absolute atomic E-state index is 13.1. The number of amides is 4. The van der Waals surface area contributed by atoms with Gasteiger partial charge in [-0.1, -0.05) is 13.3 Å². The molecule has 3 aliphatic rings. The van der Waals surface area contributed by atoms with Gasteiger partial charge in [-0.2, -0.15) is 5.06 Å². The second kappa shape index (κ2) is 11.2. The number of hydrogen-bond donors (Lipinski definition) is 0. The number of urea groups is 1. The summed E-state index contributed by atoms with van der Waals surface area (Å²) >= 11 is 0. The third kappa shape index (κ3) is 6.92. The molecule has 39 heavy (non-hydrogen) atoms. The zero-order valence-corrected chi connectivity index (χ0v) is 24.1. The van der Waals surface area contributed by atoms with Crippen molar-refractivity contribution in [2.75, 3.05) is 26.2 Å². The van der Waals surface area contributed by atoms with Crippen LogP contribution in [-0.2, 0) is 20.9 Å². The molecule has 4 amide bonds. The zero-order valence-electron chi connectivity index (χ0n) is 24.1. The predicted molar refractivity (Wildman–Crippen MR) is 138 cm³/mol. The summed E-state index contributed by atoms with van der Waals surface area (Å²) in [6.07, 6.45) is 2.35. The second-order valence-electron chi connectivity index (χ2n) is 12.4. The van der Waals surface area contributed by atoms with E-state index in [1.165, 1.54) is 14.9 Å². The van der Waals surface area contributed by atoms with Crippen LogP contribution >= 0.6 is 0 Å². The Hall–Kier alpha value is -3.09. The average molecular weight is 551 g/mol. The highest BCUT2D eigenvalue weighted by Crippen LogP contribution is 2.38. The molecular formula is C26H42N6O7. The van der Waals surface area contributed by atoms with Crippen molar-refractivity contribution < 1.29 is 33.1 Å². The van der Waals surface area contributed by atoms with Gasteiger partial charge in [-0.05, 0) is 60.8 Å². The van der Waals surface area contributed by atoms with Gasteiger partial charge in [0.1, 0.15) is 23.8 Å². The maximum Gasteiger partial charge on any atom is 0.411 e. The van der Waals surface area contributed by atoms with E-state index >= 15 is 0 Å². The van der Waals surface area contributed by atoms with Crippen LogP contribution in [-0.4, -0.2) is 97.7 Å². The number of rotatable bonds is 8. The van der Waals surface area contributed by atoms with Crippen molar-refractivity contribution in [2.45, 2.75) is 110 Å². The number of aromatic nitrogens is 2. The van der Waals surface area contributed by atoms with Gasteiger partial charge < -0.3 is 23.7 Å². The van der Waals surface area contributed by atoms with Crippen LogP contribution in [0.5, 0.6) is 0 Å². The summed E-state index contributed by atoms with van der Waals surface area (Å²) in [5, 5.41) is 9.91. The largest absolute Gasteiger partial charge is 0.444 e. The molecule has 0 aromatic carbocycles. The number of piperidine rings is 1. The van der Waals surface area contributed by atoms with Gasteiger partial charge in [0.2, 0.25) is 11.8 Å². The first-order valence-corrected chi connectivity index (χ1v) is 13.8. The molecule has 13 heteroatoms. The molecular weight excluding hydrogens is 508 g/mol. The van der Waals surface area contributed by atoms with E-state index in [-0.39, 0.29) is 36.6 Å². The van der Waals surface area contributed by atoms with E-state index in [1.54, 1.807) is 25.7 Å². The van der Waals surface area contributed by atoms with E-state index in [0.29, 0.717) is 38.6 Å². The highest BCUT2D eigenvalue weighted by atomic mass is 16.7. The molecule has 3 fully saturated rings. The minimum atomic E-state index is -0.705. The summed E-state index contributed by atoms with van der Waals surface area (Å²) in [6, 6.07) is -0.823. The first-order chi connectivity index (χ1) is 18.3. The van der Waals surface area contributed by atoms with E-state index in [9.17, 15) is 14.4 Å². The molecule has 1 unspecified atom stereocenters. The Morgan fingerprint density at radius 1 is 1.03 bits per heavy atom. The molecule has 0 spiro atoms. The SMILES string of the molecule is CCCCON1C(=O)N2CC1CC[C@H]2c1nnc(CN(C(=O)OC(C)(C)C)C2CN(C(=O)OC(C)(C)C)C2)o1. The van der Waals surface area contributed by atoms with Crippen molar-refractivity contribution in [2.24, 2.45) is 0 Å². The first kappa shape index (κ1) is 28.9. The maximum atomic E-state index is 13.1. The van der Waals surface area contributed by atoms with Crippen LogP contribution in [0.4, 0.5) is 14.4 Å². The highest BCUT2D eigenvalue weighted by Gasteiger charge is 2.48. The van der Waals surface area contributed by atoms with Crippen molar-refractivity contribution in [3.05, 3.63) is 11.8 Å². The Labute approximate surface area is 229 Å². The van der Waals surface area contributed by atoms with Gasteiger partial charge in [-0.15, -0.1) is 10.2 Å². The van der Waals surface area contributed by atoms with Crippen molar-refractivity contribution >= 4 is 18.2 Å². The fourth-order valence-corrected chi connectivity index (χ4v) is 4.76. The molecule has 218 valence electrons. The number of carbonyl (C=O) groups is 3. The molecule has 0 aliphatic carbocycles. The number of ether oxygens (including phenoxy) is 2. The summed E-state index contributed by atoms with van der Waals surface area (Å²) < 4.78 is 17.1. The van der Waals surface area contributed by atoms with Gasteiger partial charge in [0, 0.05) is 19.6 Å². The van der Waals surface area contributed by atoms with Crippen molar-refractivity contribution in [3.63, 3.8) is 0 Å². The Bertz CT molecular complexity index is 1040. The van der Waals surface area contributed by atoms with Crippen molar-refractivity contribution in [1.29, 1.82) is 0 Å². The lowest BCUT2D eigenvalue weighted by Crippen LogP contribution is -2.63. The minimum Gasteiger partial charge on any atom is -0.444 e. The van der Waals surface area contributed by atoms with Gasteiger partial charge in [-0.25, -0.2) is 14.4 Å². The van der Waals surface area contributed by atoms with Gasteiger partial charge in [0.25, 0.3) is 0 Å². The van der Waals surface area contributed by atoms with E-state index in [1.807, 2.05) is 20.8 Å². The van der Waals surface area contributed by atoms with Crippen molar-refractivity contribution in [1.82, 2.24) is 30.0 Å². The van der Waals surface area contributed by atoms with E-state index in [2.05, 4.69) is 17.1 Å². The molecule has 2 atom stereocenters. The first-order valence-electron chi connectivity index (χ1n) is 13.8. The van der Waals surface area contributed by atoms with Crippen molar-refractivity contribution in [3.8, 4) is 0 Å². The molecule has 13 nitrogen and oxygen atoms in total. The Morgan fingerprint density at radius 3 is 2.36 bits per heavy atom. The normalized spacial score (nSPS) is 21.7. The number of fused-ring (bicyclic) bond motifs is 2. The van der Waals surface area contributed by atoms with E-state index in [4.69, 9.17) is 18.7 Å². The zero-order chi connectivity index (χ0) is 28.5. The molecule has 1 aromatic heterocycles. The number of likely N-dealkylation sites (tertiary alicyclic amines) is 1. The van der Waals surface area contributed by atoms with Crippen LogP contribution in [0.25, 0.3) is 0 Å². The van der Waals surface area contributed by atoms with Crippen LogP contribution in [0.3, 0.4) is 0 Å². The quantitative estimate of drug-likeness (QED) is 0.439. The topological polar surface area (TPSA) is 131 Å². The molecule has 0 N–H and O–H groups in total. The van der Waals surface area contributed by atoms with Crippen LogP contribution < -0.4 is 0 Å². The van der Waals surface area contributed by atoms with Crippen LogP contribution in [0, 0.1) is 0 Å². The van der Waals surface area contributed by atoms with Gasteiger partial charge in [-0.3, -0.25) is 9.74 Å². The van der Waals surface area contributed by atoms with Crippen LogP contribution in [0.1, 0.15) is 92.0 Å². The average Bonchev–Trinajstić information content (AvgIpc) is 3.34. The monoisotopic (exact) mass is 550 g/mol. The predicted octanol–water partition coefficient (Wildman–Crippen LogP) is 4.10. The van der Waals surface area contributed by atoms with Gasteiger partial charge in [0.15, 0.2) is 0 Å². The second-order valence-corrected chi connectivity index (χ2v) is 12.4. The van der Waals surface area contributed by atoms with Gasteiger partial charge in [0.05, 0.1) is 18.7 Å². The smallest absolute Gasteiger partial charge is 0.411 e. The number of hydroxylamine groups is 2. The third-order valence-corrected chi connectivity index (χ3v) is 6.71. The highest BCUT2D eigenvalue weighted by molar-refractivity contribution is 5.77. The molecule has 0 radical (unpaired) electrons. The Morgan fingerprint density at radius 2 is 1.72 bits per heavy atom. The summed E-state index contributed by atoms with van der Waals surface area (Å²) in [5.74, 6) is 0.566. The molecule has 3 aliphatic heterocycles. The fraction of sp³-hybridized carbons (Fsp3) is 0.808. The Balaban J connectivity index is 1.42. The molecule has 1 aromatic rings. The summed E-state index contributed by atoms with van der Waals surface area (Å²) in [5.41, 5.74) is -1.31. The summed E-state index contributed by atoms with van der Waals surface area (Å²) in [7, 11) is 0. The summed E-state index contributed by atoms with van der Waals surface area (Å²) in [6.45, 7) is 14.5. The number of nitrogens with zero attached hydrogens (tertiary/aromatic N) is 6. The number of unbranched alkanes of at least 4 members (excludes halogenated alkanes) is 1. The third-order valence-electron chi connectivity index (χ3n) is 6.71. The molecule has 4 heterocycles. The van der Waals surface area contributed by atoms with E-state index in [0.717, 1.165) is 19.3 Å². The molecule has 0 saturated carbocycles. The molecule has 3 saturated heterocycles. The Kier molecular flexibility index (Phi) is 8.29. The fourth-order valence-electron chi connectivity index (χ4n) is 4.76. The standard InChI is InChI=1S/C26H42N6O7/c1-8-9-12-36-32-17-10-11-19(31(15-17)22(32)33)21-28-27-20(37-21)16-30(24(35)39-26(5,6)7)18-13-29(14-18)23(34)38-25(2,3)4/h17-19H,8-16H2,1-7H3/t17?,19-/m0/s1. The lowest BCUT2D eigenvalue weighted by Gasteiger charge is -2.44. The van der Waals surface area contributed by atoms with E-state index < -0.39 is 23.4 Å². The lowest BCUT2D eigenvalue weighted by atomic mass is 10.0. The van der Waals surface area contributed by atoms with Crippen LogP contribution in [0.15, 0.2) is 4.42 Å². The van der Waals surface area contributed by atoms with Crippen LogP contribution in [0.2, 0.25) is 0 Å². The summed E-state index contributed by atoms with van der Waals surface area (Å²) in [4.78, 5) is 49.0. The lowest BCUT2D eigenvalue weighted by molar-refractivity contribution is -0.130. The molecule has 4 rings (SSSR count). The number of hydrogen-bond acceptors (Lipinski definition) is 9. The number of carbonyl (C=O) groups excluding carboxylic acids is 3. The minimum absolute atomic E-state index is 0.0159. The van der Waals surface area contributed by atoms with Gasteiger partial charge >= 0.3 is 18.2 Å². The molecule has 2 bridgehead atoms.